The highest BCUT2D eigenvalue weighted by Crippen LogP contribution is 2.21. The van der Waals surface area contributed by atoms with E-state index in [0.717, 1.165) is 50.5 Å². The van der Waals surface area contributed by atoms with Gasteiger partial charge in [-0.2, -0.15) is 4.68 Å². The second-order valence-electron chi connectivity index (χ2n) is 7.78. The summed E-state index contributed by atoms with van der Waals surface area (Å²) in [6, 6.07) is 5.93. The summed E-state index contributed by atoms with van der Waals surface area (Å²) >= 11 is 0. The van der Waals surface area contributed by atoms with Crippen molar-refractivity contribution >= 4 is 17.7 Å². The third-order valence-electron chi connectivity index (χ3n) is 5.74. The van der Waals surface area contributed by atoms with Crippen molar-refractivity contribution in [2.24, 2.45) is 4.99 Å². The number of nitrogens with zero attached hydrogens (tertiary/aromatic N) is 7. The molecular formula is C22H27N7O3. The van der Waals surface area contributed by atoms with Crippen LogP contribution in [0.4, 0.5) is 0 Å². The number of ether oxygens (including phenoxy) is 1. The second kappa shape index (κ2) is 10.3. The third-order valence-corrected chi connectivity index (χ3v) is 5.74. The summed E-state index contributed by atoms with van der Waals surface area (Å²) in [5.74, 6) is 0.599. The number of aromatic nitrogens is 4. The fourth-order valence-electron chi connectivity index (χ4n) is 3.86. The van der Waals surface area contributed by atoms with E-state index in [0.29, 0.717) is 25.0 Å². The molecule has 168 valence electrons. The van der Waals surface area contributed by atoms with Crippen LogP contribution in [-0.2, 0) is 22.6 Å². The number of hydrogen-bond acceptors (Lipinski definition) is 8. The summed E-state index contributed by atoms with van der Waals surface area (Å²) in [6.07, 6.45) is 6.84. The molecule has 0 unspecified atom stereocenters. The Morgan fingerprint density at radius 1 is 1.25 bits per heavy atom. The van der Waals surface area contributed by atoms with Crippen LogP contribution >= 0.6 is 0 Å². The van der Waals surface area contributed by atoms with Gasteiger partial charge in [0.2, 0.25) is 5.91 Å². The monoisotopic (exact) mass is 437 g/mol. The molecule has 1 aromatic heterocycles. The highest BCUT2D eigenvalue weighted by Gasteiger charge is 2.22. The number of cyclic esters (lactones) is 1. The van der Waals surface area contributed by atoms with Gasteiger partial charge in [0, 0.05) is 57.3 Å². The second-order valence-corrected chi connectivity index (χ2v) is 7.78. The molecule has 0 saturated carbocycles. The van der Waals surface area contributed by atoms with Gasteiger partial charge in [-0.25, -0.2) is 9.79 Å². The molecule has 2 aliphatic rings. The molecule has 4 rings (SSSR count). The number of tetrazole rings is 1. The number of fused-ring (bicyclic) bond motifs is 1. The fraction of sp³-hybridized carbons (Fsp3) is 0.455. The first kappa shape index (κ1) is 21.8. The van der Waals surface area contributed by atoms with Gasteiger partial charge in [0.25, 0.3) is 0 Å². The summed E-state index contributed by atoms with van der Waals surface area (Å²) in [5, 5.41) is 11.0. The van der Waals surface area contributed by atoms with Crippen LogP contribution in [0, 0.1) is 0 Å². The van der Waals surface area contributed by atoms with Gasteiger partial charge < -0.3 is 9.64 Å². The minimum Gasteiger partial charge on any atom is -0.457 e. The molecule has 2 aliphatic heterocycles. The molecular weight excluding hydrogens is 410 g/mol. The lowest BCUT2D eigenvalue weighted by Gasteiger charge is -2.34. The first-order valence-corrected chi connectivity index (χ1v) is 10.9. The first-order valence-electron chi connectivity index (χ1n) is 10.9. The van der Waals surface area contributed by atoms with E-state index in [4.69, 9.17) is 4.74 Å². The molecule has 10 nitrogen and oxygen atoms in total. The van der Waals surface area contributed by atoms with Crippen molar-refractivity contribution in [1.29, 1.82) is 0 Å². The van der Waals surface area contributed by atoms with Gasteiger partial charge in [0.1, 0.15) is 18.8 Å². The molecule has 1 amide bonds. The Kier molecular flexibility index (Phi) is 7.00. The predicted octanol–water partition coefficient (Wildman–Crippen LogP) is 1.29. The minimum atomic E-state index is -0.229. The zero-order valence-electron chi connectivity index (χ0n) is 18.2. The highest BCUT2D eigenvalue weighted by molar-refractivity contribution is 5.93. The highest BCUT2D eigenvalue weighted by atomic mass is 16.5. The van der Waals surface area contributed by atoms with Crippen LogP contribution in [-0.4, -0.2) is 80.4 Å². The van der Waals surface area contributed by atoms with Gasteiger partial charge in [-0.15, -0.1) is 5.10 Å². The Morgan fingerprint density at radius 2 is 2.09 bits per heavy atom. The lowest BCUT2D eigenvalue weighted by Crippen LogP contribution is -2.49. The number of rotatable bonds is 7. The van der Waals surface area contributed by atoms with Crippen LogP contribution in [0.3, 0.4) is 0 Å². The molecule has 0 spiro atoms. The van der Waals surface area contributed by atoms with E-state index in [-0.39, 0.29) is 11.9 Å². The number of aliphatic imine (C=N–C) groups is 1. The fourth-order valence-corrected chi connectivity index (χ4v) is 3.86. The molecule has 1 fully saturated rings. The van der Waals surface area contributed by atoms with Crippen molar-refractivity contribution in [3.8, 4) is 0 Å². The predicted molar refractivity (Wildman–Crippen MR) is 117 cm³/mol. The molecule has 0 bridgehead atoms. The van der Waals surface area contributed by atoms with Gasteiger partial charge in [-0.3, -0.25) is 9.69 Å². The zero-order chi connectivity index (χ0) is 22.3. The van der Waals surface area contributed by atoms with Gasteiger partial charge in [-0.05, 0) is 28.5 Å². The van der Waals surface area contributed by atoms with Crippen molar-refractivity contribution in [3.05, 3.63) is 53.5 Å². The maximum absolute atomic E-state index is 12.5. The Bertz CT molecular complexity index is 1010. The number of esters is 1. The summed E-state index contributed by atoms with van der Waals surface area (Å²) in [6.45, 7) is 6.46. The number of hydrogen-bond donors (Lipinski definition) is 0. The number of carbonyl (C=O) groups excluding carboxylic acids is 2. The van der Waals surface area contributed by atoms with Gasteiger partial charge in [0.15, 0.2) is 0 Å². The minimum absolute atomic E-state index is 0.111. The number of carbonyl (C=O) groups is 2. The Hall–Kier alpha value is -3.40. The quantitative estimate of drug-likeness (QED) is 0.365. The maximum Gasteiger partial charge on any atom is 0.338 e. The van der Waals surface area contributed by atoms with E-state index in [9.17, 15) is 9.59 Å². The Labute approximate surface area is 186 Å². The lowest BCUT2D eigenvalue weighted by molar-refractivity contribution is -0.132. The normalized spacial score (nSPS) is 17.1. The largest absolute Gasteiger partial charge is 0.457 e. The lowest BCUT2D eigenvalue weighted by atomic mass is 10.0. The van der Waals surface area contributed by atoms with E-state index in [2.05, 4.69) is 31.5 Å². The van der Waals surface area contributed by atoms with Crippen LogP contribution in [0.25, 0.3) is 0 Å². The molecule has 10 heteroatoms. The van der Waals surface area contributed by atoms with Crippen LogP contribution in [0.1, 0.15) is 41.3 Å². The molecule has 0 aliphatic carbocycles. The van der Waals surface area contributed by atoms with Crippen LogP contribution in [0.15, 0.2) is 41.8 Å². The topological polar surface area (TPSA) is 106 Å². The maximum atomic E-state index is 12.5. The number of amides is 1. The molecule has 1 aromatic carbocycles. The van der Waals surface area contributed by atoms with Gasteiger partial charge in [0.05, 0.1) is 5.56 Å². The smallest absolute Gasteiger partial charge is 0.338 e. The SMILES string of the molecule is CCC(=N/C=C/CC(=O)N1CCN(CCc2ccc3c(c2)COC3=O)CC1)n1cnnn1. The zero-order valence-corrected chi connectivity index (χ0v) is 18.2. The van der Waals surface area contributed by atoms with E-state index in [1.807, 2.05) is 24.0 Å². The average Bonchev–Trinajstić information content (AvgIpc) is 3.48. The Morgan fingerprint density at radius 3 is 2.84 bits per heavy atom. The van der Waals surface area contributed by atoms with Gasteiger partial charge >= 0.3 is 5.97 Å². The molecule has 0 N–H and O–H groups in total. The van der Waals surface area contributed by atoms with Crippen LogP contribution < -0.4 is 0 Å². The molecule has 0 radical (unpaired) electrons. The van der Waals surface area contributed by atoms with Crippen molar-refractivity contribution in [1.82, 2.24) is 30.0 Å². The third kappa shape index (κ3) is 5.25. The van der Waals surface area contributed by atoms with Crippen LogP contribution in [0.5, 0.6) is 0 Å². The van der Waals surface area contributed by atoms with E-state index >= 15 is 0 Å². The van der Waals surface area contributed by atoms with E-state index in [1.165, 1.54) is 16.6 Å². The Balaban J connectivity index is 1.19. The van der Waals surface area contributed by atoms with Crippen molar-refractivity contribution in [2.45, 2.75) is 32.8 Å². The standard InChI is InChI=1S/C22H27N7O3/c1-2-20(29-16-24-25-26-29)23-8-3-4-21(30)28-12-10-27(11-13-28)9-7-17-5-6-19-18(14-17)15-32-22(19)31/h3,5-6,8,14,16H,2,4,7,9-13,15H2,1H3/b8-3+,23-20?. The average molecular weight is 438 g/mol. The summed E-state index contributed by atoms with van der Waals surface area (Å²) in [7, 11) is 0. The van der Waals surface area contributed by atoms with Crippen molar-refractivity contribution < 1.29 is 14.3 Å². The van der Waals surface area contributed by atoms with E-state index in [1.54, 1.807) is 12.3 Å². The molecule has 1 saturated heterocycles. The molecule has 32 heavy (non-hydrogen) atoms. The van der Waals surface area contributed by atoms with Gasteiger partial charge in [-0.1, -0.05) is 25.1 Å². The molecule has 0 atom stereocenters. The van der Waals surface area contributed by atoms with Crippen molar-refractivity contribution in [2.75, 3.05) is 32.7 Å². The van der Waals surface area contributed by atoms with E-state index < -0.39 is 0 Å². The number of piperazine rings is 1. The molecule has 3 heterocycles. The summed E-state index contributed by atoms with van der Waals surface area (Å²) in [5.41, 5.74) is 2.87. The van der Waals surface area contributed by atoms with Crippen LogP contribution in [0.2, 0.25) is 0 Å². The van der Waals surface area contributed by atoms with Crippen molar-refractivity contribution in [3.63, 3.8) is 0 Å². The first-order chi connectivity index (χ1) is 15.6. The number of benzene rings is 1. The summed E-state index contributed by atoms with van der Waals surface area (Å²) < 4.78 is 6.58. The summed E-state index contributed by atoms with van der Waals surface area (Å²) in [4.78, 5) is 32.7. The molecule has 2 aromatic rings.